The molecule has 2 aromatic rings. The van der Waals surface area contributed by atoms with E-state index >= 15 is 0 Å². The number of nitrogens with zero attached hydrogens (tertiary/aromatic N) is 1. The summed E-state index contributed by atoms with van der Waals surface area (Å²) in [4.78, 5) is 5.35. The molecule has 0 saturated heterocycles. The minimum Gasteiger partial charge on any atom is -0.270 e. The van der Waals surface area contributed by atoms with E-state index in [1.165, 1.54) is 0 Å². The molecule has 3 nitrogen and oxygen atoms in total. The molecule has 2 heterocycles. The van der Waals surface area contributed by atoms with Gasteiger partial charge in [-0.2, -0.15) is 0 Å². The Morgan fingerprint density at radius 2 is 2.25 bits per heavy atom. The van der Waals surface area contributed by atoms with Crippen molar-refractivity contribution in [2.75, 3.05) is 0 Å². The molecule has 16 heavy (non-hydrogen) atoms. The minimum absolute atomic E-state index is 0.119. The average Bonchev–Trinajstić information content (AvgIpc) is 2.69. The van der Waals surface area contributed by atoms with Crippen LogP contribution in [0.5, 0.6) is 0 Å². The van der Waals surface area contributed by atoms with Crippen molar-refractivity contribution in [3.8, 4) is 0 Å². The number of aromatic nitrogens is 1. The van der Waals surface area contributed by atoms with E-state index < -0.39 is 0 Å². The lowest BCUT2D eigenvalue weighted by atomic mass is 10.1. The Bertz CT molecular complexity index is 471. The number of halogens is 2. The lowest BCUT2D eigenvalue weighted by molar-refractivity contribution is 0.628. The van der Waals surface area contributed by atoms with Crippen LogP contribution in [-0.4, -0.2) is 4.98 Å². The van der Waals surface area contributed by atoms with E-state index in [1.807, 2.05) is 17.5 Å². The van der Waals surface area contributed by atoms with E-state index in [2.05, 4.69) is 26.3 Å². The van der Waals surface area contributed by atoms with Crippen molar-refractivity contribution in [1.29, 1.82) is 0 Å². The molecule has 3 N–H and O–H groups in total. The third kappa shape index (κ3) is 2.44. The molecule has 2 rings (SSSR count). The maximum atomic E-state index is 5.79. The van der Waals surface area contributed by atoms with Crippen LogP contribution in [0.15, 0.2) is 34.2 Å². The van der Waals surface area contributed by atoms with Gasteiger partial charge in [0.2, 0.25) is 0 Å². The number of thiophene rings is 1. The third-order valence-corrected chi connectivity index (χ3v) is 4.28. The zero-order valence-electron chi connectivity index (χ0n) is 8.15. The Hall–Kier alpha value is -0.460. The highest BCUT2D eigenvalue weighted by Gasteiger charge is 2.17. The van der Waals surface area contributed by atoms with Gasteiger partial charge in [0.05, 0.1) is 16.8 Å². The molecule has 2 aromatic heterocycles. The van der Waals surface area contributed by atoms with Gasteiger partial charge in [-0.15, -0.1) is 11.3 Å². The van der Waals surface area contributed by atoms with Gasteiger partial charge < -0.3 is 0 Å². The quantitative estimate of drug-likeness (QED) is 0.675. The van der Waals surface area contributed by atoms with E-state index in [0.29, 0.717) is 5.02 Å². The molecule has 6 heteroatoms. The molecule has 0 aliphatic heterocycles. The molecule has 0 fully saturated rings. The summed E-state index contributed by atoms with van der Waals surface area (Å²) >= 11 is 10.9. The number of nitrogens with two attached hydrogens (primary N) is 1. The first-order valence-corrected chi connectivity index (χ1v) is 6.58. The fourth-order valence-corrected chi connectivity index (χ4v) is 3.15. The van der Waals surface area contributed by atoms with E-state index in [0.717, 1.165) is 15.0 Å². The van der Waals surface area contributed by atoms with Crippen molar-refractivity contribution in [1.82, 2.24) is 10.4 Å². The smallest absolute Gasteiger partial charge is 0.0984 e. The molecule has 0 amide bonds. The molecule has 0 bridgehead atoms. The van der Waals surface area contributed by atoms with Crippen molar-refractivity contribution >= 4 is 38.9 Å². The van der Waals surface area contributed by atoms with Crippen LogP contribution in [-0.2, 0) is 0 Å². The molecule has 0 radical (unpaired) electrons. The van der Waals surface area contributed by atoms with Crippen LogP contribution in [0.3, 0.4) is 0 Å². The summed E-state index contributed by atoms with van der Waals surface area (Å²) in [6, 6.07) is 5.53. The Morgan fingerprint density at radius 1 is 1.44 bits per heavy atom. The third-order valence-electron chi connectivity index (χ3n) is 2.12. The summed E-state index contributed by atoms with van der Waals surface area (Å²) in [5.74, 6) is 5.57. The first kappa shape index (κ1) is 12.0. The second-order valence-corrected chi connectivity index (χ2v) is 5.37. The van der Waals surface area contributed by atoms with Crippen LogP contribution in [0.4, 0.5) is 0 Å². The summed E-state index contributed by atoms with van der Waals surface area (Å²) in [5, 5.41) is 2.62. The minimum atomic E-state index is -0.119. The monoisotopic (exact) mass is 317 g/mol. The largest absolute Gasteiger partial charge is 0.270 e. The SMILES string of the molecule is NNC(c1ccc(Cl)cn1)c1sccc1Br. The van der Waals surface area contributed by atoms with Gasteiger partial charge in [-0.25, -0.2) is 5.43 Å². The van der Waals surface area contributed by atoms with Gasteiger partial charge in [-0.3, -0.25) is 10.8 Å². The predicted molar refractivity (Wildman–Crippen MR) is 70.4 cm³/mol. The van der Waals surface area contributed by atoms with Crippen LogP contribution in [0, 0.1) is 0 Å². The highest BCUT2D eigenvalue weighted by Crippen LogP contribution is 2.32. The molecule has 0 saturated carbocycles. The van der Waals surface area contributed by atoms with Crippen molar-refractivity contribution < 1.29 is 0 Å². The zero-order chi connectivity index (χ0) is 11.5. The Kier molecular flexibility index (Phi) is 3.94. The number of pyridine rings is 1. The Labute approximate surface area is 111 Å². The standard InChI is InChI=1S/C10H9BrClN3S/c11-7-3-4-16-10(7)9(15-13)8-2-1-6(12)5-14-8/h1-5,9,15H,13H2. The number of nitrogens with one attached hydrogen (secondary N) is 1. The van der Waals surface area contributed by atoms with Gasteiger partial charge in [0.1, 0.15) is 0 Å². The van der Waals surface area contributed by atoms with Gasteiger partial charge in [0.25, 0.3) is 0 Å². The van der Waals surface area contributed by atoms with Crippen molar-refractivity contribution in [3.63, 3.8) is 0 Å². The van der Waals surface area contributed by atoms with Crippen molar-refractivity contribution in [2.24, 2.45) is 5.84 Å². The van der Waals surface area contributed by atoms with Crippen LogP contribution < -0.4 is 11.3 Å². The molecular weight excluding hydrogens is 310 g/mol. The zero-order valence-corrected chi connectivity index (χ0v) is 11.3. The van der Waals surface area contributed by atoms with Gasteiger partial charge in [0, 0.05) is 15.5 Å². The van der Waals surface area contributed by atoms with Gasteiger partial charge >= 0.3 is 0 Å². The van der Waals surface area contributed by atoms with Crippen LogP contribution in [0.1, 0.15) is 16.6 Å². The lowest BCUT2D eigenvalue weighted by Gasteiger charge is -2.14. The van der Waals surface area contributed by atoms with Gasteiger partial charge in [-0.05, 0) is 39.5 Å². The molecule has 84 valence electrons. The first-order valence-electron chi connectivity index (χ1n) is 4.53. The van der Waals surface area contributed by atoms with E-state index in [4.69, 9.17) is 17.4 Å². The van der Waals surface area contributed by atoms with E-state index in [9.17, 15) is 0 Å². The number of hydrazine groups is 1. The highest BCUT2D eigenvalue weighted by atomic mass is 79.9. The molecule has 1 unspecified atom stereocenters. The maximum Gasteiger partial charge on any atom is 0.0984 e. The van der Waals surface area contributed by atoms with Gasteiger partial charge in [-0.1, -0.05) is 11.6 Å². The number of hydrogen-bond acceptors (Lipinski definition) is 4. The maximum absolute atomic E-state index is 5.79. The Balaban J connectivity index is 2.37. The first-order chi connectivity index (χ1) is 7.72. The van der Waals surface area contributed by atoms with Crippen LogP contribution in [0.2, 0.25) is 5.02 Å². The molecular formula is C10H9BrClN3S. The highest BCUT2D eigenvalue weighted by molar-refractivity contribution is 9.10. The van der Waals surface area contributed by atoms with Crippen molar-refractivity contribution in [3.05, 3.63) is 49.8 Å². The van der Waals surface area contributed by atoms with Gasteiger partial charge in [0.15, 0.2) is 0 Å². The second-order valence-electron chi connectivity index (χ2n) is 3.13. The fourth-order valence-electron chi connectivity index (χ4n) is 1.36. The normalized spacial score (nSPS) is 12.7. The Morgan fingerprint density at radius 3 is 2.75 bits per heavy atom. The van der Waals surface area contributed by atoms with E-state index in [-0.39, 0.29) is 6.04 Å². The van der Waals surface area contributed by atoms with Crippen molar-refractivity contribution in [2.45, 2.75) is 6.04 Å². The summed E-state index contributed by atoms with van der Waals surface area (Å²) in [5.41, 5.74) is 3.60. The lowest BCUT2D eigenvalue weighted by Crippen LogP contribution is -2.29. The molecule has 1 atom stereocenters. The summed E-state index contributed by atoms with van der Waals surface area (Å²) < 4.78 is 1.03. The summed E-state index contributed by atoms with van der Waals surface area (Å²) in [7, 11) is 0. The number of hydrogen-bond donors (Lipinski definition) is 2. The summed E-state index contributed by atoms with van der Waals surface area (Å²) in [6.45, 7) is 0. The molecule has 0 aliphatic rings. The molecule has 0 aliphatic carbocycles. The second kappa shape index (κ2) is 5.25. The van der Waals surface area contributed by atoms with Crippen LogP contribution in [0.25, 0.3) is 0 Å². The van der Waals surface area contributed by atoms with E-state index in [1.54, 1.807) is 23.6 Å². The number of rotatable bonds is 3. The topological polar surface area (TPSA) is 50.9 Å². The predicted octanol–water partition coefficient (Wildman–Crippen LogP) is 3.11. The molecule has 0 spiro atoms. The van der Waals surface area contributed by atoms with Crippen LogP contribution >= 0.6 is 38.9 Å². The fraction of sp³-hybridized carbons (Fsp3) is 0.100. The molecule has 0 aromatic carbocycles. The average molecular weight is 319 g/mol. The summed E-state index contributed by atoms with van der Waals surface area (Å²) in [6.07, 6.45) is 1.61.